The van der Waals surface area contributed by atoms with Crippen molar-refractivity contribution in [3.63, 3.8) is 0 Å². The summed E-state index contributed by atoms with van der Waals surface area (Å²) in [6.07, 6.45) is -1.06. The monoisotopic (exact) mass is 191 g/mol. The fraction of sp³-hybridized carbons (Fsp3) is 1.00. The molecule has 0 spiro atoms. The van der Waals surface area contributed by atoms with Crippen LogP contribution in [-0.2, 0) is 0 Å². The van der Waals surface area contributed by atoms with Crippen molar-refractivity contribution in [2.45, 2.75) is 19.1 Å². The number of nitrogens with zero attached hydrogens (tertiary/aromatic N) is 1. The molecule has 0 aromatic rings. The van der Waals surface area contributed by atoms with Gasteiger partial charge in [0.05, 0.1) is 12.2 Å². The van der Waals surface area contributed by atoms with E-state index >= 15 is 0 Å². The van der Waals surface area contributed by atoms with Gasteiger partial charge in [-0.05, 0) is 5.75 Å². The predicted molar refractivity (Wildman–Crippen MR) is 51.5 cm³/mol. The SMILES string of the molecule is CCSCCN1C[C@@H](O)[C@@H](O)C1. The molecule has 0 radical (unpaired) electrons. The number of thioether (sulfide) groups is 1. The molecule has 0 amide bonds. The Hall–Kier alpha value is 0.230. The summed E-state index contributed by atoms with van der Waals surface area (Å²) in [6.45, 7) is 4.38. The molecule has 0 bridgehead atoms. The maximum Gasteiger partial charge on any atom is 0.0938 e. The van der Waals surface area contributed by atoms with Gasteiger partial charge < -0.3 is 10.2 Å². The lowest BCUT2D eigenvalue weighted by Crippen LogP contribution is -2.24. The van der Waals surface area contributed by atoms with Gasteiger partial charge in [-0.3, -0.25) is 4.90 Å². The molecule has 1 saturated heterocycles. The largest absolute Gasteiger partial charge is 0.389 e. The Morgan fingerprint density at radius 2 is 1.92 bits per heavy atom. The molecule has 0 aromatic heterocycles. The van der Waals surface area contributed by atoms with Crippen LogP contribution in [0.2, 0.25) is 0 Å². The van der Waals surface area contributed by atoms with Crippen LogP contribution in [0.15, 0.2) is 0 Å². The first kappa shape index (κ1) is 10.3. The minimum absolute atomic E-state index is 0.531. The Labute approximate surface area is 77.8 Å². The van der Waals surface area contributed by atoms with Crippen molar-refractivity contribution in [2.75, 3.05) is 31.1 Å². The van der Waals surface area contributed by atoms with Crippen molar-refractivity contribution in [1.29, 1.82) is 0 Å². The third-order valence-electron chi connectivity index (χ3n) is 2.09. The van der Waals surface area contributed by atoms with Crippen LogP contribution < -0.4 is 0 Å². The van der Waals surface area contributed by atoms with Gasteiger partial charge in [-0.1, -0.05) is 6.92 Å². The zero-order valence-corrected chi connectivity index (χ0v) is 8.26. The minimum Gasteiger partial charge on any atom is -0.389 e. The molecule has 1 fully saturated rings. The van der Waals surface area contributed by atoms with E-state index in [0.717, 1.165) is 18.1 Å². The summed E-state index contributed by atoms with van der Waals surface area (Å²) in [5.74, 6) is 2.23. The van der Waals surface area contributed by atoms with Gasteiger partial charge in [0, 0.05) is 25.4 Å². The van der Waals surface area contributed by atoms with Crippen LogP contribution in [0, 0.1) is 0 Å². The van der Waals surface area contributed by atoms with Crippen molar-refractivity contribution in [2.24, 2.45) is 0 Å². The molecule has 1 rings (SSSR count). The van der Waals surface area contributed by atoms with Gasteiger partial charge in [-0.2, -0.15) is 11.8 Å². The maximum absolute atomic E-state index is 9.23. The fourth-order valence-corrected chi connectivity index (χ4v) is 2.04. The standard InChI is InChI=1S/C8H17NO2S/c1-2-12-4-3-9-5-7(10)8(11)6-9/h7-8,10-11H,2-6H2,1H3/t7-,8+. The highest BCUT2D eigenvalue weighted by molar-refractivity contribution is 7.99. The van der Waals surface area contributed by atoms with Gasteiger partial charge >= 0.3 is 0 Å². The molecule has 4 heteroatoms. The van der Waals surface area contributed by atoms with Gasteiger partial charge in [0.1, 0.15) is 0 Å². The molecule has 2 N–H and O–H groups in total. The van der Waals surface area contributed by atoms with Gasteiger partial charge in [-0.25, -0.2) is 0 Å². The summed E-state index contributed by atoms with van der Waals surface area (Å²) >= 11 is 1.89. The smallest absolute Gasteiger partial charge is 0.0938 e. The van der Waals surface area contributed by atoms with E-state index < -0.39 is 12.2 Å². The zero-order chi connectivity index (χ0) is 8.97. The van der Waals surface area contributed by atoms with Crippen LogP contribution in [0.5, 0.6) is 0 Å². The van der Waals surface area contributed by atoms with Gasteiger partial charge in [0.15, 0.2) is 0 Å². The van der Waals surface area contributed by atoms with E-state index in [0.29, 0.717) is 13.1 Å². The highest BCUT2D eigenvalue weighted by atomic mass is 32.2. The topological polar surface area (TPSA) is 43.7 Å². The lowest BCUT2D eigenvalue weighted by atomic mass is 10.3. The number of aliphatic hydroxyl groups excluding tert-OH is 2. The van der Waals surface area contributed by atoms with Crippen molar-refractivity contribution in [1.82, 2.24) is 4.90 Å². The Balaban J connectivity index is 2.10. The second-order valence-electron chi connectivity index (χ2n) is 3.09. The quantitative estimate of drug-likeness (QED) is 0.603. The number of likely N-dealkylation sites (tertiary alicyclic amines) is 1. The van der Waals surface area contributed by atoms with Crippen LogP contribution in [0.25, 0.3) is 0 Å². The van der Waals surface area contributed by atoms with Gasteiger partial charge in [-0.15, -0.1) is 0 Å². The van der Waals surface area contributed by atoms with E-state index in [4.69, 9.17) is 0 Å². The molecule has 0 unspecified atom stereocenters. The Kier molecular flexibility index (Phi) is 4.35. The molecule has 1 heterocycles. The molecule has 72 valence electrons. The van der Waals surface area contributed by atoms with Crippen molar-refractivity contribution < 1.29 is 10.2 Å². The first-order valence-electron chi connectivity index (χ1n) is 4.40. The number of aliphatic hydroxyl groups is 2. The highest BCUT2D eigenvalue weighted by Gasteiger charge is 2.28. The van der Waals surface area contributed by atoms with Crippen LogP contribution >= 0.6 is 11.8 Å². The molecule has 0 saturated carbocycles. The molecule has 2 atom stereocenters. The second kappa shape index (κ2) is 5.07. The van der Waals surface area contributed by atoms with Crippen molar-refractivity contribution >= 4 is 11.8 Å². The van der Waals surface area contributed by atoms with E-state index in [2.05, 4.69) is 11.8 Å². The van der Waals surface area contributed by atoms with Crippen molar-refractivity contribution in [3.8, 4) is 0 Å². The second-order valence-corrected chi connectivity index (χ2v) is 4.49. The molecular formula is C8H17NO2S. The summed E-state index contributed by atoms with van der Waals surface area (Å²) in [6, 6.07) is 0. The number of β-amino-alcohol motifs (C(OH)–C–C–N with tert-alkyl or cyclic N) is 2. The Morgan fingerprint density at radius 3 is 2.42 bits per heavy atom. The van der Waals surface area contributed by atoms with Crippen LogP contribution in [0.4, 0.5) is 0 Å². The molecule has 0 aromatic carbocycles. The average Bonchev–Trinajstić information content (AvgIpc) is 2.32. The maximum atomic E-state index is 9.23. The molecule has 1 aliphatic rings. The summed E-state index contributed by atoms with van der Waals surface area (Å²) in [4.78, 5) is 2.11. The van der Waals surface area contributed by atoms with E-state index in [9.17, 15) is 10.2 Å². The van der Waals surface area contributed by atoms with Gasteiger partial charge in [0.25, 0.3) is 0 Å². The van der Waals surface area contributed by atoms with Gasteiger partial charge in [0.2, 0.25) is 0 Å². The number of rotatable bonds is 4. The molecule has 3 nitrogen and oxygen atoms in total. The molecule has 0 aliphatic carbocycles. The van der Waals surface area contributed by atoms with E-state index in [1.54, 1.807) is 0 Å². The Morgan fingerprint density at radius 1 is 1.33 bits per heavy atom. The van der Waals surface area contributed by atoms with Crippen LogP contribution in [-0.4, -0.2) is 58.5 Å². The molecule has 1 aliphatic heterocycles. The van der Waals surface area contributed by atoms with Crippen LogP contribution in [0.1, 0.15) is 6.92 Å². The number of hydrogen-bond donors (Lipinski definition) is 2. The van der Waals surface area contributed by atoms with E-state index in [1.807, 2.05) is 11.8 Å². The normalized spacial score (nSPS) is 31.2. The predicted octanol–water partition coefficient (Wildman–Crippen LogP) is -0.223. The summed E-state index contributed by atoms with van der Waals surface area (Å²) in [7, 11) is 0. The first-order valence-corrected chi connectivity index (χ1v) is 5.55. The first-order chi connectivity index (χ1) is 5.74. The third kappa shape index (κ3) is 2.94. The summed E-state index contributed by atoms with van der Waals surface area (Å²) < 4.78 is 0. The van der Waals surface area contributed by atoms with E-state index in [1.165, 1.54) is 0 Å². The summed E-state index contributed by atoms with van der Waals surface area (Å²) in [5, 5.41) is 18.5. The van der Waals surface area contributed by atoms with Crippen molar-refractivity contribution in [3.05, 3.63) is 0 Å². The fourth-order valence-electron chi connectivity index (χ4n) is 1.37. The van der Waals surface area contributed by atoms with E-state index in [-0.39, 0.29) is 0 Å². The lowest BCUT2D eigenvalue weighted by molar-refractivity contribution is 0.0572. The minimum atomic E-state index is -0.531. The Bertz CT molecular complexity index is 124. The van der Waals surface area contributed by atoms with Crippen LogP contribution in [0.3, 0.4) is 0 Å². The highest BCUT2D eigenvalue weighted by Crippen LogP contribution is 2.10. The molecular weight excluding hydrogens is 174 g/mol. The third-order valence-corrected chi connectivity index (χ3v) is 2.97. The lowest BCUT2D eigenvalue weighted by Gasteiger charge is -2.13. The molecule has 12 heavy (non-hydrogen) atoms. The zero-order valence-electron chi connectivity index (χ0n) is 7.44. The average molecular weight is 191 g/mol. The summed E-state index contributed by atoms with van der Waals surface area (Å²) in [5.41, 5.74) is 0. The number of hydrogen-bond acceptors (Lipinski definition) is 4.